The minimum absolute atomic E-state index is 0.0127. The second-order valence-corrected chi connectivity index (χ2v) is 9.77. The molecule has 37 heavy (non-hydrogen) atoms. The first-order valence-electron chi connectivity index (χ1n) is 11.9. The van der Waals surface area contributed by atoms with E-state index < -0.39 is 0 Å². The number of thiophene rings is 1. The highest BCUT2D eigenvalue weighted by atomic mass is 32.1. The first kappa shape index (κ1) is 24.5. The number of amides is 2. The van der Waals surface area contributed by atoms with Gasteiger partial charge in [-0.25, -0.2) is 4.98 Å². The first-order valence-corrected chi connectivity index (χ1v) is 12.7. The Balaban J connectivity index is 1.29. The molecule has 9 heteroatoms. The van der Waals surface area contributed by atoms with Crippen molar-refractivity contribution in [3.63, 3.8) is 0 Å². The van der Waals surface area contributed by atoms with Crippen LogP contribution in [0.5, 0.6) is 11.6 Å². The van der Waals surface area contributed by atoms with Crippen molar-refractivity contribution in [2.45, 2.75) is 18.9 Å². The Hall–Kier alpha value is -4.21. The summed E-state index contributed by atoms with van der Waals surface area (Å²) in [6, 6.07) is 18.4. The lowest BCUT2D eigenvalue weighted by Crippen LogP contribution is -2.40. The molecule has 3 heterocycles. The maximum absolute atomic E-state index is 12.8. The molecule has 188 valence electrons. The number of nitrogens with one attached hydrogen (secondary N) is 2. The molecule has 8 nitrogen and oxygen atoms in total. The van der Waals surface area contributed by atoms with Crippen molar-refractivity contribution < 1.29 is 19.4 Å². The van der Waals surface area contributed by atoms with Crippen LogP contribution in [0.3, 0.4) is 0 Å². The summed E-state index contributed by atoms with van der Waals surface area (Å²) in [5, 5.41) is 17.5. The third kappa shape index (κ3) is 5.79. The Kier molecular flexibility index (Phi) is 7.16. The van der Waals surface area contributed by atoms with E-state index in [-0.39, 0.29) is 17.9 Å². The number of aromatic nitrogens is 1. The molecule has 1 saturated heterocycles. The minimum atomic E-state index is -0.312. The van der Waals surface area contributed by atoms with E-state index in [0.717, 1.165) is 20.8 Å². The molecular formula is C28H26N4O4S. The number of pyridine rings is 1. The normalized spacial score (nSPS) is 13.8. The topological polar surface area (TPSA) is 104 Å². The number of aliphatic hydroxyl groups is 1. The van der Waals surface area contributed by atoms with E-state index in [2.05, 4.69) is 22.2 Å². The number of carbonyl (C=O) groups excluding carboxylic acids is 2. The van der Waals surface area contributed by atoms with Crippen LogP contribution in [0.15, 0.2) is 79.5 Å². The van der Waals surface area contributed by atoms with Crippen LogP contribution < -0.4 is 15.4 Å². The van der Waals surface area contributed by atoms with Gasteiger partial charge in [-0.3, -0.25) is 9.59 Å². The van der Waals surface area contributed by atoms with Gasteiger partial charge in [-0.2, -0.15) is 0 Å². The van der Waals surface area contributed by atoms with Crippen LogP contribution in [-0.4, -0.2) is 46.0 Å². The summed E-state index contributed by atoms with van der Waals surface area (Å²) in [5.74, 6) is 0.698. The summed E-state index contributed by atoms with van der Waals surface area (Å²) >= 11 is 1.57. The summed E-state index contributed by atoms with van der Waals surface area (Å²) in [6.45, 7) is 4.62. The summed E-state index contributed by atoms with van der Waals surface area (Å²) in [5.41, 5.74) is 2.09. The Morgan fingerprint density at radius 2 is 1.86 bits per heavy atom. The smallest absolute Gasteiger partial charge is 0.253 e. The minimum Gasteiger partial charge on any atom is -0.438 e. The molecule has 1 aliphatic rings. The number of benzene rings is 2. The predicted octanol–water partition coefficient (Wildman–Crippen LogP) is 5.55. The quantitative estimate of drug-likeness (QED) is 0.279. The highest BCUT2D eigenvalue weighted by Gasteiger charge is 2.22. The van der Waals surface area contributed by atoms with E-state index in [4.69, 9.17) is 4.74 Å². The Bertz CT molecular complexity index is 1440. The zero-order valence-electron chi connectivity index (χ0n) is 20.0. The van der Waals surface area contributed by atoms with Crippen LogP contribution in [0.2, 0.25) is 0 Å². The van der Waals surface area contributed by atoms with Crippen molar-refractivity contribution in [1.82, 2.24) is 9.88 Å². The molecule has 0 unspecified atom stereocenters. The monoisotopic (exact) mass is 514 g/mol. The van der Waals surface area contributed by atoms with Gasteiger partial charge in [-0.15, -0.1) is 11.3 Å². The molecule has 1 aliphatic heterocycles. The molecule has 0 radical (unpaired) electrons. The zero-order valence-corrected chi connectivity index (χ0v) is 20.8. The SMILES string of the molecule is C=CC(=O)Nc1cccc(Oc2nccc3sc(Nc4ccc(C(=O)N5CCC(O)CC5)cc4)cc23)c1. The third-order valence-electron chi connectivity index (χ3n) is 6.06. The zero-order chi connectivity index (χ0) is 25.8. The largest absolute Gasteiger partial charge is 0.438 e. The molecule has 2 amide bonds. The first-order chi connectivity index (χ1) is 18.0. The number of likely N-dealkylation sites (tertiary alicyclic amines) is 1. The van der Waals surface area contributed by atoms with Crippen LogP contribution in [-0.2, 0) is 4.79 Å². The van der Waals surface area contributed by atoms with E-state index in [1.165, 1.54) is 6.08 Å². The fourth-order valence-corrected chi connectivity index (χ4v) is 5.08. The van der Waals surface area contributed by atoms with Gasteiger partial charge < -0.3 is 25.4 Å². The molecule has 2 aromatic heterocycles. The lowest BCUT2D eigenvalue weighted by atomic mass is 10.1. The fraction of sp³-hybridized carbons (Fsp3) is 0.179. The van der Waals surface area contributed by atoms with Gasteiger partial charge in [0.2, 0.25) is 11.8 Å². The van der Waals surface area contributed by atoms with Gasteiger partial charge in [0, 0.05) is 47.0 Å². The molecule has 4 aromatic rings. The lowest BCUT2D eigenvalue weighted by molar-refractivity contribution is -0.111. The number of aliphatic hydroxyl groups excluding tert-OH is 1. The third-order valence-corrected chi connectivity index (χ3v) is 7.08. The van der Waals surface area contributed by atoms with Crippen molar-refractivity contribution in [2.24, 2.45) is 0 Å². The molecule has 0 saturated carbocycles. The summed E-state index contributed by atoms with van der Waals surface area (Å²) in [7, 11) is 0. The standard InChI is InChI=1S/C28H26N4O4S/c1-2-25(34)30-20-4-3-5-22(16-20)36-27-23-17-26(37-24(23)10-13-29-27)31-19-8-6-18(7-9-19)28(35)32-14-11-21(33)12-15-32/h2-10,13,16-17,21,31,33H,1,11-12,14-15H2,(H,30,34). The molecule has 0 aliphatic carbocycles. The number of hydrogen-bond donors (Lipinski definition) is 3. The van der Waals surface area contributed by atoms with Crippen LogP contribution in [0.4, 0.5) is 16.4 Å². The average Bonchev–Trinajstić information content (AvgIpc) is 3.33. The van der Waals surface area contributed by atoms with Crippen molar-refractivity contribution in [3.8, 4) is 11.6 Å². The lowest BCUT2D eigenvalue weighted by Gasteiger charge is -2.29. The molecule has 5 rings (SSSR count). The summed E-state index contributed by atoms with van der Waals surface area (Å²) in [6.07, 6.45) is 3.83. The van der Waals surface area contributed by atoms with Gasteiger partial charge in [-0.05, 0) is 67.4 Å². The Morgan fingerprint density at radius 3 is 2.62 bits per heavy atom. The molecule has 0 bridgehead atoms. The Morgan fingerprint density at radius 1 is 1.08 bits per heavy atom. The van der Waals surface area contributed by atoms with E-state index >= 15 is 0 Å². The molecule has 1 fully saturated rings. The van der Waals surface area contributed by atoms with Gasteiger partial charge in [0.05, 0.1) is 16.5 Å². The van der Waals surface area contributed by atoms with Crippen molar-refractivity contribution in [2.75, 3.05) is 23.7 Å². The number of fused-ring (bicyclic) bond motifs is 1. The Labute approximate surface area is 218 Å². The van der Waals surface area contributed by atoms with Crippen LogP contribution in [0.1, 0.15) is 23.2 Å². The number of carbonyl (C=O) groups is 2. The van der Waals surface area contributed by atoms with Gasteiger partial charge >= 0.3 is 0 Å². The van der Waals surface area contributed by atoms with E-state index in [1.807, 2.05) is 36.4 Å². The number of ether oxygens (including phenoxy) is 1. The molecule has 0 spiro atoms. The predicted molar refractivity (Wildman–Crippen MR) is 146 cm³/mol. The number of nitrogens with zero attached hydrogens (tertiary/aromatic N) is 2. The van der Waals surface area contributed by atoms with E-state index in [9.17, 15) is 14.7 Å². The number of hydrogen-bond acceptors (Lipinski definition) is 7. The van der Waals surface area contributed by atoms with Gasteiger partial charge in [0.1, 0.15) is 5.75 Å². The average molecular weight is 515 g/mol. The van der Waals surface area contributed by atoms with Crippen LogP contribution in [0.25, 0.3) is 10.1 Å². The molecular weight excluding hydrogens is 488 g/mol. The number of anilines is 3. The number of rotatable bonds is 7. The maximum Gasteiger partial charge on any atom is 0.253 e. The van der Waals surface area contributed by atoms with Gasteiger partial charge in [-0.1, -0.05) is 12.6 Å². The molecule has 3 N–H and O–H groups in total. The fourth-order valence-electron chi connectivity index (χ4n) is 4.11. The van der Waals surface area contributed by atoms with Crippen molar-refractivity contribution in [1.29, 1.82) is 0 Å². The molecule has 0 atom stereocenters. The highest BCUT2D eigenvalue weighted by Crippen LogP contribution is 2.37. The second kappa shape index (κ2) is 10.8. The highest BCUT2D eigenvalue weighted by molar-refractivity contribution is 7.22. The van der Waals surface area contributed by atoms with Crippen molar-refractivity contribution in [3.05, 3.63) is 85.1 Å². The van der Waals surface area contributed by atoms with Crippen LogP contribution in [0, 0.1) is 0 Å². The van der Waals surface area contributed by atoms with Gasteiger partial charge in [0.15, 0.2) is 0 Å². The maximum atomic E-state index is 12.8. The molecule has 2 aromatic carbocycles. The summed E-state index contributed by atoms with van der Waals surface area (Å²) in [4.78, 5) is 30.5. The van der Waals surface area contributed by atoms with Crippen molar-refractivity contribution >= 4 is 49.6 Å². The van der Waals surface area contributed by atoms with E-state index in [0.29, 0.717) is 48.8 Å². The summed E-state index contributed by atoms with van der Waals surface area (Å²) < 4.78 is 7.05. The van der Waals surface area contributed by atoms with Gasteiger partial charge in [0.25, 0.3) is 5.91 Å². The second-order valence-electron chi connectivity index (χ2n) is 8.69. The van der Waals surface area contributed by atoms with Crippen LogP contribution >= 0.6 is 11.3 Å². The van der Waals surface area contributed by atoms with E-state index in [1.54, 1.807) is 46.7 Å². The number of piperidine rings is 1.